The second-order valence-electron chi connectivity index (χ2n) is 9.06. The molecule has 2 heterocycles. The fourth-order valence-corrected chi connectivity index (χ4v) is 4.60. The number of rotatable bonds is 8. The molecular weight excluding hydrogens is 436 g/mol. The van der Waals surface area contributed by atoms with E-state index < -0.39 is 0 Å². The molecular formula is C26H31ClN4O2. The van der Waals surface area contributed by atoms with Crippen LogP contribution in [0.3, 0.4) is 0 Å². The number of nitrogens with one attached hydrogen (secondary N) is 1. The van der Waals surface area contributed by atoms with Gasteiger partial charge in [-0.1, -0.05) is 55.8 Å². The van der Waals surface area contributed by atoms with Crippen molar-refractivity contribution in [2.45, 2.75) is 45.7 Å². The van der Waals surface area contributed by atoms with Crippen LogP contribution in [-0.2, 0) is 17.8 Å². The van der Waals surface area contributed by atoms with Crippen molar-refractivity contribution in [1.82, 2.24) is 20.0 Å². The predicted octanol–water partition coefficient (Wildman–Crippen LogP) is 3.88. The molecule has 0 radical (unpaired) electrons. The van der Waals surface area contributed by atoms with Crippen LogP contribution in [0.15, 0.2) is 53.3 Å². The van der Waals surface area contributed by atoms with Gasteiger partial charge in [0.15, 0.2) is 0 Å². The predicted molar refractivity (Wildman–Crippen MR) is 133 cm³/mol. The summed E-state index contributed by atoms with van der Waals surface area (Å²) in [6.07, 6.45) is 2.74. The summed E-state index contributed by atoms with van der Waals surface area (Å²) < 4.78 is 1.64. The number of nitrogens with zero attached hydrogens (tertiary/aromatic N) is 3. The molecule has 4 rings (SSSR count). The molecule has 6 nitrogen and oxygen atoms in total. The van der Waals surface area contributed by atoms with Crippen molar-refractivity contribution in [2.24, 2.45) is 5.92 Å². The van der Waals surface area contributed by atoms with Gasteiger partial charge in [0, 0.05) is 41.9 Å². The van der Waals surface area contributed by atoms with Crippen LogP contribution in [0.1, 0.15) is 37.9 Å². The van der Waals surface area contributed by atoms with Crippen molar-refractivity contribution in [1.29, 1.82) is 0 Å². The van der Waals surface area contributed by atoms with Crippen LogP contribution in [-0.4, -0.2) is 46.3 Å². The number of hydrogen-bond donors (Lipinski definition) is 1. The van der Waals surface area contributed by atoms with Crippen molar-refractivity contribution in [3.8, 4) is 0 Å². The lowest BCUT2D eigenvalue weighted by Crippen LogP contribution is -2.42. The summed E-state index contributed by atoms with van der Waals surface area (Å²) in [6.45, 7) is 6.72. The van der Waals surface area contributed by atoms with E-state index >= 15 is 0 Å². The summed E-state index contributed by atoms with van der Waals surface area (Å²) in [4.78, 5) is 27.5. The van der Waals surface area contributed by atoms with E-state index in [0.717, 1.165) is 42.6 Å². The largest absolute Gasteiger partial charge is 0.355 e. The smallest absolute Gasteiger partial charge is 0.274 e. The molecule has 1 aliphatic heterocycles. The van der Waals surface area contributed by atoms with Gasteiger partial charge in [0.2, 0.25) is 5.91 Å². The second-order valence-corrected chi connectivity index (χ2v) is 9.50. The minimum atomic E-state index is -0.0505. The monoisotopic (exact) mass is 466 g/mol. The van der Waals surface area contributed by atoms with Gasteiger partial charge in [-0.15, -0.1) is 0 Å². The van der Waals surface area contributed by atoms with E-state index in [1.165, 1.54) is 0 Å². The molecule has 0 bridgehead atoms. The van der Waals surface area contributed by atoms with E-state index in [1.54, 1.807) is 4.68 Å². The third-order valence-corrected chi connectivity index (χ3v) is 6.59. The van der Waals surface area contributed by atoms with Gasteiger partial charge in [0.05, 0.1) is 17.6 Å². The highest BCUT2D eigenvalue weighted by molar-refractivity contribution is 6.30. The lowest BCUT2D eigenvalue weighted by molar-refractivity contribution is -0.124. The Hall–Kier alpha value is -2.70. The maximum Gasteiger partial charge on any atom is 0.274 e. The van der Waals surface area contributed by atoms with Gasteiger partial charge < -0.3 is 5.32 Å². The normalized spacial score (nSPS) is 16.5. The molecule has 0 aliphatic carbocycles. The lowest BCUT2D eigenvalue weighted by atomic mass is 10.0. The molecule has 1 atom stereocenters. The van der Waals surface area contributed by atoms with Crippen LogP contribution in [0.5, 0.6) is 0 Å². The maximum atomic E-state index is 13.3. The fourth-order valence-electron chi connectivity index (χ4n) is 4.48. The molecule has 2 aromatic carbocycles. The molecule has 33 heavy (non-hydrogen) atoms. The van der Waals surface area contributed by atoms with Crippen molar-refractivity contribution in [2.75, 3.05) is 19.6 Å². The van der Waals surface area contributed by atoms with Crippen LogP contribution < -0.4 is 10.9 Å². The third kappa shape index (κ3) is 5.63. The van der Waals surface area contributed by atoms with Gasteiger partial charge in [-0.05, 0) is 43.1 Å². The van der Waals surface area contributed by atoms with E-state index in [-0.39, 0.29) is 23.4 Å². The highest BCUT2D eigenvalue weighted by atomic mass is 35.5. The van der Waals surface area contributed by atoms with Crippen LogP contribution in [0.25, 0.3) is 10.8 Å². The molecule has 1 aliphatic rings. The number of amides is 1. The molecule has 1 N–H and O–H groups in total. The number of carbonyl (C=O) groups is 1. The number of fused-ring (bicyclic) bond motifs is 1. The zero-order valence-corrected chi connectivity index (χ0v) is 20.0. The Morgan fingerprint density at radius 2 is 1.88 bits per heavy atom. The standard InChI is InChI=1S/C26H31ClN4O2/c1-18(2)25(32)28-13-15-30-14-5-6-21(30)17-31-26(33)23-8-4-3-7-22(23)24(29-31)16-19-9-11-20(27)12-10-19/h3-4,7-12,18,21H,5-6,13-17H2,1-2H3,(H,28,32)/t21-/m1/s1. The lowest BCUT2D eigenvalue weighted by Gasteiger charge is -2.25. The van der Waals surface area contributed by atoms with Gasteiger partial charge in [-0.3, -0.25) is 14.5 Å². The first-order valence-corrected chi connectivity index (χ1v) is 12.0. The van der Waals surface area contributed by atoms with Crippen molar-refractivity contribution >= 4 is 28.3 Å². The molecule has 7 heteroatoms. The number of halogens is 1. The summed E-state index contributed by atoms with van der Waals surface area (Å²) in [5.74, 6) is 0.0591. The Bertz CT molecular complexity index is 1170. The van der Waals surface area contributed by atoms with E-state index in [4.69, 9.17) is 16.7 Å². The molecule has 0 spiro atoms. The Morgan fingerprint density at radius 3 is 2.61 bits per heavy atom. The summed E-state index contributed by atoms with van der Waals surface area (Å²) >= 11 is 6.04. The molecule has 174 valence electrons. The third-order valence-electron chi connectivity index (χ3n) is 6.33. The first-order chi connectivity index (χ1) is 15.9. The van der Waals surface area contributed by atoms with Gasteiger partial charge in [0.25, 0.3) is 5.56 Å². The highest BCUT2D eigenvalue weighted by Gasteiger charge is 2.26. The fraction of sp³-hybridized carbons (Fsp3) is 0.423. The summed E-state index contributed by atoms with van der Waals surface area (Å²) in [5, 5.41) is 10.1. The first kappa shape index (κ1) is 23.5. The number of carbonyl (C=O) groups excluding carboxylic acids is 1. The minimum absolute atomic E-state index is 0.0150. The van der Waals surface area contributed by atoms with E-state index in [1.807, 2.05) is 62.4 Å². The Kier molecular flexibility index (Phi) is 7.46. The number of hydrogen-bond acceptors (Lipinski definition) is 4. The number of likely N-dealkylation sites (tertiary alicyclic amines) is 1. The molecule has 0 saturated carbocycles. The van der Waals surface area contributed by atoms with Gasteiger partial charge >= 0.3 is 0 Å². The second kappa shape index (κ2) is 10.5. The molecule has 1 saturated heterocycles. The molecule has 1 fully saturated rings. The SMILES string of the molecule is CC(C)C(=O)NCCN1CCC[C@@H]1Cn1nc(Cc2ccc(Cl)cc2)c2ccccc2c1=O. The van der Waals surface area contributed by atoms with Crippen molar-refractivity contribution < 1.29 is 4.79 Å². The van der Waals surface area contributed by atoms with E-state index in [9.17, 15) is 9.59 Å². The van der Waals surface area contributed by atoms with Gasteiger partial charge in [0.1, 0.15) is 0 Å². The molecule has 1 amide bonds. The molecule has 0 unspecified atom stereocenters. The van der Waals surface area contributed by atoms with E-state index in [0.29, 0.717) is 29.9 Å². The Balaban J connectivity index is 1.55. The van der Waals surface area contributed by atoms with E-state index in [2.05, 4.69) is 10.2 Å². The number of aromatic nitrogens is 2. The maximum absolute atomic E-state index is 13.3. The van der Waals surface area contributed by atoms with Crippen LogP contribution in [0.2, 0.25) is 5.02 Å². The summed E-state index contributed by atoms with van der Waals surface area (Å²) in [5.41, 5.74) is 1.94. The van der Waals surface area contributed by atoms with Gasteiger partial charge in [-0.2, -0.15) is 5.10 Å². The van der Waals surface area contributed by atoms with Crippen LogP contribution in [0, 0.1) is 5.92 Å². The first-order valence-electron chi connectivity index (χ1n) is 11.7. The zero-order valence-electron chi connectivity index (χ0n) is 19.3. The molecule has 3 aromatic rings. The topological polar surface area (TPSA) is 67.2 Å². The summed E-state index contributed by atoms with van der Waals surface area (Å²) in [6, 6.07) is 15.7. The Labute approximate surface area is 199 Å². The highest BCUT2D eigenvalue weighted by Crippen LogP contribution is 2.21. The average molecular weight is 467 g/mol. The average Bonchev–Trinajstić information content (AvgIpc) is 3.25. The summed E-state index contributed by atoms with van der Waals surface area (Å²) in [7, 11) is 0. The van der Waals surface area contributed by atoms with Crippen LogP contribution >= 0.6 is 11.6 Å². The van der Waals surface area contributed by atoms with Crippen molar-refractivity contribution in [3.63, 3.8) is 0 Å². The Morgan fingerprint density at radius 1 is 1.15 bits per heavy atom. The molecule has 1 aromatic heterocycles. The zero-order chi connectivity index (χ0) is 23.4. The van der Waals surface area contributed by atoms with Gasteiger partial charge in [-0.25, -0.2) is 4.68 Å². The minimum Gasteiger partial charge on any atom is -0.355 e. The number of benzene rings is 2. The quantitative estimate of drug-likeness (QED) is 0.547. The van der Waals surface area contributed by atoms with Crippen molar-refractivity contribution in [3.05, 3.63) is 75.2 Å². The van der Waals surface area contributed by atoms with Crippen LogP contribution in [0.4, 0.5) is 0 Å².